The van der Waals surface area contributed by atoms with Crippen molar-refractivity contribution in [3.8, 4) is 5.75 Å². The topological polar surface area (TPSA) is 42.5 Å². The van der Waals surface area contributed by atoms with E-state index in [-0.39, 0.29) is 11.4 Å². The molecule has 12 heavy (non-hydrogen) atoms. The van der Waals surface area contributed by atoms with E-state index >= 15 is 0 Å². The van der Waals surface area contributed by atoms with E-state index in [0.717, 1.165) is 5.39 Å². The highest BCUT2D eigenvalue weighted by atomic mass is 16.3. The third kappa shape index (κ3) is 0.889. The predicted octanol–water partition coefficient (Wildman–Crippen LogP) is 2.25. The quantitative estimate of drug-likeness (QED) is 0.626. The normalized spacial score (nSPS) is 10.3. The molecule has 0 bridgehead atoms. The molecule has 58 valence electrons. The lowest BCUT2D eigenvalue weighted by Gasteiger charge is -2.00. The summed E-state index contributed by atoms with van der Waals surface area (Å²) in [6, 6.07) is 10.6. The minimum absolute atomic E-state index is 0.0481. The zero-order chi connectivity index (χ0) is 8.55. The standard InChI is InChI=1S/C10H7NO/c11-10-8-4-2-1-3-7(8)5-6-9(10)12/h1-6,12H. The smallest absolute Gasteiger partial charge is 0.143 e. The van der Waals surface area contributed by atoms with Crippen molar-refractivity contribution >= 4 is 16.5 Å². The second-order valence-corrected chi connectivity index (χ2v) is 2.65. The van der Waals surface area contributed by atoms with Gasteiger partial charge in [-0.05, 0) is 11.5 Å². The first kappa shape index (κ1) is 6.98. The second kappa shape index (κ2) is 2.41. The zero-order valence-corrected chi connectivity index (χ0v) is 6.36. The van der Waals surface area contributed by atoms with Crippen LogP contribution in [0.2, 0.25) is 0 Å². The maximum Gasteiger partial charge on any atom is 0.143 e. The van der Waals surface area contributed by atoms with E-state index in [1.165, 1.54) is 6.07 Å². The fraction of sp³-hybridized carbons (Fsp3) is 0. The third-order valence-corrected chi connectivity index (χ3v) is 1.88. The Morgan fingerprint density at radius 2 is 1.75 bits per heavy atom. The molecule has 0 saturated heterocycles. The van der Waals surface area contributed by atoms with Crippen LogP contribution in [-0.4, -0.2) is 5.11 Å². The maximum absolute atomic E-state index is 9.41. The summed E-state index contributed by atoms with van der Waals surface area (Å²) in [4.78, 5) is 0. The van der Waals surface area contributed by atoms with Crippen LogP contribution in [0.3, 0.4) is 0 Å². The van der Waals surface area contributed by atoms with E-state index in [1.807, 2.05) is 18.2 Å². The Morgan fingerprint density at radius 3 is 2.58 bits per heavy atom. The fourth-order valence-electron chi connectivity index (χ4n) is 1.24. The van der Waals surface area contributed by atoms with Gasteiger partial charge in [-0.15, -0.1) is 5.73 Å². The van der Waals surface area contributed by atoms with Crippen molar-refractivity contribution in [2.45, 2.75) is 0 Å². The number of aromatic hydroxyl groups is 1. The lowest BCUT2D eigenvalue weighted by molar-refractivity contribution is 0.477. The van der Waals surface area contributed by atoms with E-state index in [0.29, 0.717) is 5.39 Å². The molecule has 2 aromatic rings. The fourth-order valence-corrected chi connectivity index (χ4v) is 1.24. The summed E-state index contributed by atoms with van der Waals surface area (Å²) >= 11 is 0. The molecule has 0 aliphatic rings. The molecule has 0 saturated carbocycles. The van der Waals surface area contributed by atoms with Crippen LogP contribution in [0.4, 0.5) is 5.69 Å². The van der Waals surface area contributed by atoms with Crippen LogP contribution in [0.15, 0.2) is 36.4 Å². The van der Waals surface area contributed by atoms with E-state index in [4.69, 9.17) is 5.11 Å². The number of hydrogen-bond acceptors (Lipinski definition) is 1. The highest BCUT2D eigenvalue weighted by Gasteiger charge is 2.02. The molecule has 2 rings (SSSR count). The van der Waals surface area contributed by atoms with Crippen LogP contribution in [-0.2, 0) is 0 Å². The van der Waals surface area contributed by atoms with E-state index in [1.54, 1.807) is 12.1 Å². The minimum Gasteiger partial charge on any atom is -0.506 e. The van der Waals surface area contributed by atoms with Gasteiger partial charge in [0.25, 0.3) is 0 Å². The molecule has 2 nitrogen and oxygen atoms in total. The van der Waals surface area contributed by atoms with Crippen LogP contribution in [0.25, 0.3) is 10.8 Å². The van der Waals surface area contributed by atoms with Gasteiger partial charge < -0.3 is 5.11 Å². The summed E-state index contributed by atoms with van der Waals surface area (Å²) in [7, 11) is 0. The van der Waals surface area contributed by atoms with Crippen LogP contribution < -0.4 is 5.73 Å². The third-order valence-electron chi connectivity index (χ3n) is 1.88. The molecule has 0 fully saturated rings. The van der Waals surface area contributed by atoms with Gasteiger partial charge in [-0.3, -0.25) is 0 Å². The Hall–Kier alpha value is -1.70. The average Bonchev–Trinajstić information content (AvgIpc) is 2.12. The van der Waals surface area contributed by atoms with Gasteiger partial charge in [-0.2, -0.15) is 0 Å². The van der Waals surface area contributed by atoms with Crippen molar-refractivity contribution in [3.05, 3.63) is 36.4 Å². The van der Waals surface area contributed by atoms with Gasteiger partial charge in [0.2, 0.25) is 0 Å². The monoisotopic (exact) mass is 157 g/mol. The van der Waals surface area contributed by atoms with E-state index in [2.05, 4.69) is 0 Å². The Bertz CT molecular complexity index is 423. The molecule has 2 aromatic carbocycles. The molecule has 0 aliphatic carbocycles. The Balaban J connectivity index is 2.91. The first-order valence-electron chi connectivity index (χ1n) is 3.69. The Kier molecular flexibility index (Phi) is 1.40. The Labute approximate surface area is 70.2 Å². The molecule has 0 heterocycles. The number of benzene rings is 2. The van der Waals surface area contributed by atoms with Crippen molar-refractivity contribution in [3.63, 3.8) is 0 Å². The van der Waals surface area contributed by atoms with E-state index < -0.39 is 0 Å². The lowest BCUT2D eigenvalue weighted by atomic mass is 10.1. The summed E-state index contributed by atoms with van der Waals surface area (Å²) < 4.78 is 0. The number of phenols is 1. The van der Waals surface area contributed by atoms with Gasteiger partial charge in [0.05, 0.1) is 0 Å². The van der Waals surface area contributed by atoms with Crippen molar-refractivity contribution in [2.75, 3.05) is 0 Å². The molecule has 0 spiro atoms. The van der Waals surface area contributed by atoms with E-state index in [9.17, 15) is 5.73 Å². The molecular weight excluding hydrogens is 150 g/mol. The average molecular weight is 157 g/mol. The molecule has 0 amide bonds. The van der Waals surface area contributed by atoms with Crippen molar-refractivity contribution in [1.82, 2.24) is 5.73 Å². The molecule has 2 radical (unpaired) electrons. The summed E-state index contributed by atoms with van der Waals surface area (Å²) in [5.74, 6) is -0.0753. The summed E-state index contributed by atoms with van der Waals surface area (Å²) in [5, 5.41) is 10.8. The largest absolute Gasteiger partial charge is 0.506 e. The SMILES string of the molecule is [N]c1c(O)ccc2ccccc12. The van der Waals surface area contributed by atoms with Crippen LogP contribution >= 0.6 is 0 Å². The first-order chi connectivity index (χ1) is 5.79. The van der Waals surface area contributed by atoms with Crippen molar-refractivity contribution in [1.29, 1.82) is 0 Å². The highest BCUT2D eigenvalue weighted by molar-refractivity contribution is 5.94. The zero-order valence-electron chi connectivity index (χ0n) is 6.36. The number of phenolic OH excluding ortho intramolecular Hbond substituents is 1. The van der Waals surface area contributed by atoms with Gasteiger partial charge in [-0.25, -0.2) is 0 Å². The number of nitrogens with zero attached hydrogens (tertiary/aromatic N) is 1. The molecule has 0 aliphatic heterocycles. The number of rotatable bonds is 0. The maximum atomic E-state index is 9.41. The van der Waals surface area contributed by atoms with Crippen LogP contribution in [0.1, 0.15) is 0 Å². The van der Waals surface area contributed by atoms with Crippen molar-refractivity contribution < 1.29 is 5.11 Å². The highest BCUT2D eigenvalue weighted by Crippen LogP contribution is 2.30. The molecule has 0 unspecified atom stereocenters. The van der Waals surface area contributed by atoms with Gasteiger partial charge in [0, 0.05) is 5.39 Å². The number of fused-ring (bicyclic) bond motifs is 1. The summed E-state index contributed by atoms with van der Waals surface area (Å²) in [6.07, 6.45) is 0. The molecule has 1 N–H and O–H groups in total. The minimum atomic E-state index is -0.0753. The van der Waals surface area contributed by atoms with Crippen LogP contribution in [0.5, 0.6) is 5.75 Å². The van der Waals surface area contributed by atoms with Crippen LogP contribution in [0, 0.1) is 0 Å². The molecule has 0 atom stereocenters. The van der Waals surface area contributed by atoms with Gasteiger partial charge >= 0.3 is 0 Å². The Morgan fingerprint density at radius 1 is 1.00 bits per heavy atom. The van der Waals surface area contributed by atoms with Gasteiger partial charge in [0.15, 0.2) is 0 Å². The van der Waals surface area contributed by atoms with Gasteiger partial charge in [-0.1, -0.05) is 30.3 Å². The van der Waals surface area contributed by atoms with Gasteiger partial charge in [0.1, 0.15) is 11.4 Å². The second-order valence-electron chi connectivity index (χ2n) is 2.65. The molecule has 0 aromatic heterocycles. The first-order valence-corrected chi connectivity index (χ1v) is 3.69. The number of hydrogen-bond donors (Lipinski definition) is 1. The summed E-state index contributed by atoms with van der Waals surface area (Å²) in [6.45, 7) is 0. The molecular formula is C10H7NO. The molecule has 2 heteroatoms. The summed E-state index contributed by atoms with van der Waals surface area (Å²) in [5.41, 5.74) is 9.36. The lowest BCUT2D eigenvalue weighted by Crippen LogP contribution is -1.76. The van der Waals surface area contributed by atoms with Crippen molar-refractivity contribution in [2.24, 2.45) is 0 Å². The predicted molar refractivity (Wildman–Crippen MR) is 47.4 cm³/mol.